The summed E-state index contributed by atoms with van der Waals surface area (Å²) in [5.74, 6) is 0.895. The van der Waals surface area contributed by atoms with Crippen molar-refractivity contribution in [3.8, 4) is 6.07 Å². The number of aryl methyl sites for hydroxylation is 1. The molecule has 0 saturated carbocycles. The van der Waals surface area contributed by atoms with Gasteiger partial charge in [0.05, 0.1) is 12.1 Å². The topological polar surface area (TPSA) is 72.3 Å². The number of carbonyl (C=O) groups is 1. The summed E-state index contributed by atoms with van der Waals surface area (Å²) in [6.07, 6.45) is 1.60. The number of nitrogens with zero attached hydrogens (tertiary/aromatic N) is 4. The Hall–Kier alpha value is -2.91. The lowest BCUT2D eigenvalue weighted by Gasteiger charge is -2.35. The Morgan fingerprint density at radius 1 is 1.19 bits per heavy atom. The van der Waals surface area contributed by atoms with Crippen molar-refractivity contribution in [2.45, 2.75) is 13.8 Å². The van der Waals surface area contributed by atoms with Gasteiger partial charge in [-0.2, -0.15) is 5.26 Å². The predicted octanol–water partition coefficient (Wildman–Crippen LogP) is 2.33. The summed E-state index contributed by atoms with van der Waals surface area (Å²) >= 11 is 0. The molecule has 6 nitrogen and oxygen atoms in total. The second-order valence-electron chi connectivity index (χ2n) is 6.58. The second-order valence-corrected chi connectivity index (χ2v) is 6.58. The van der Waals surface area contributed by atoms with Crippen LogP contribution >= 0.6 is 0 Å². The molecule has 1 aromatic carbocycles. The van der Waals surface area contributed by atoms with Crippen LogP contribution in [0.4, 0.5) is 11.5 Å². The molecule has 1 N–H and O–H groups in total. The minimum Gasteiger partial charge on any atom is -0.354 e. The van der Waals surface area contributed by atoms with E-state index in [2.05, 4.69) is 26.2 Å². The van der Waals surface area contributed by atoms with E-state index in [1.807, 2.05) is 38.1 Å². The first kappa shape index (κ1) is 17.9. The zero-order valence-electron chi connectivity index (χ0n) is 15.2. The number of anilines is 2. The highest BCUT2D eigenvalue weighted by molar-refractivity contribution is 5.93. The van der Waals surface area contributed by atoms with Crippen LogP contribution in [0.1, 0.15) is 16.7 Å². The molecule has 1 amide bonds. The van der Waals surface area contributed by atoms with Crippen molar-refractivity contribution in [2.24, 2.45) is 0 Å². The number of nitrogens with one attached hydrogen (secondary N) is 1. The lowest BCUT2D eigenvalue weighted by atomic mass is 10.1. The number of aromatic nitrogens is 1. The van der Waals surface area contributed by atoms with Gasteiger partial charge in [0, 0.05) is 38.1 Å². The van der Waals surface area contributed by atoms with Crippen molar-refractivity contribution in [1.82, 2.24) is 9.88 Å². The molecule has 0 unspecified atom stereocenters. The number of hydrogen-bond donors (Lipinski definition) is 1. The number of nitriles is 1. The minimum absolute atomic E-state index is 0.0173. The van der Waals surface area contributed by atoms with Crippen LogP contribution in [0.3, 0.4) is 0 Å². The Labute approximate surface area is 154 Å². The number of carbonyl (C=O) groups excluding carboxylic acids is 1. The summed E-state index contributed by atoms with van der Waals surface area (Å²) in [7, 11) is 0. The van der Waals surface area contributed by atoms with Crippen LogP contribution in [0.2, 0.25) is 0 Å². The Balaban J connectivity index is 1.51. The van der Waals surface area contributed by atoms with Gasteiger partial charge in [-0.25, -0.2) is 4.98 Å². The lowest BCUT2D eigenvalue weighted by molar-refractivity contribution is -0.117. The number of rotatable bonds is 4. The smallest absolute Gasteiger partial charge is 0.238 e. The molecule has 6 heteroatoms. The maximum absolute atomic E-state index is 12.4. The normalized spacial score (nSPS) is 14.7. The van der Waals surface area contributed by atoms with Gasteiger partial charge in [0.25, 0.3) is 0 Å². The van der Waals surface area contributed by atoms with Gasteiger partial charge in [-0.3, -0.25) is 9.69 Å². The second kappa shape index (κ2) is 7.98. The fourth-order valence-corrected chi connectivity index (χ4v) is 3.05. The van der Waals surface area contributed by atoms with E-state index in [0.29, 0.717) is 12.1 Å². The minimum atomic E-state index is 0.0173. The van der Waals surface area contributed by atoms with Crippen LogP contribution in [-0.2, 0) is 4.79 Å². The largest absolute Gasteiger partial charge is 0.354 e. The SMILES string of the molecule is Cc1cccc(NC(=O)CN2CCN(c3ccc(C#N)cn3)CC2)c1C. The van der Waals surface area contributed by atoms with Crippen molar-refractivity contribution in [2.75, 3.05) is 42.9 Å². The fraction of sp³-hybridized carbons (Fsp3) is 0.350. The highest BCUT2D eigenvalue weighted by atomic mass is 16.2. The number of piperazine rings is 1. The van der Waals surface area contributed by atoms with E-state index in [9.17, 15) is 4.79 Å². The van der Waals surface area contributed by atoms with Crippen LogP contribution < -0.4 is 10.2 Å². The Bertz CT molecular complexity index is 817. The van der Waals surface area contributed by atoms with E-state index in [1.54, 1.807) is 12.3 Å². The summed E-state index contributed by atoms with van der Waals surface area (Å²) in [6.45, 7) is 7.70. The first-order valence-corrected chi connectivity index (χ1v) is 8.76. The third-order valence-corrected chi connectivity index (χ3v) is 4.82. The molecular formula is C20H23N5O. The number of amides is 1. The molecule has 0 radical (unpaired) electrons. The molecule has 0 spiro atoms. The molecule has 1 saturated heterocycles. The summed E-state index contributed by atoms with van der Waals surface area (Å²) < 4.78 is 0. The summed E-state index contributed by atoms with van der Waals surface area (Å²) in [4.78, 5) is 21.0. The van der Waals surface area contributed by atoms with Crippen LogP contribution in [-0.4, -0.2) is 48.5 Å². The molecule has 134 valence electrons. The zero-order valence-corrected chi connectivity index (χ0v) is 15.2. The van der Waals surface area contributed by atoms with E-state index < -0.39 is 0 Å². The molecule has 0 aliphatic carbocycles. The van der Waals surface area contributed by atoms with E-state index in [1.165, 1.54) is 5.56 Å². The third-order valence-electron chi connectivity index (χ3n) is 4.82. The molecular weight excluding hydrogens is 326 g/mol. The first-order valence-electron chi connectivity index (χ1n) is 8.76. The van der Waals surface area contributed by atoms with E-state index >= 15 is 0 Å². The van der Waals surface area contributed by atoms with E-state index in [4.69, 9.17) is 5.26 Å². The van der Waals surface area contributed by atoms with Gasteiger partial charge in [-0.15, -0.1) is 0 Å². The first-order chi connectivity index (χ1) is 12.6. The van der Waals surface area contributed by atoms with Crippen LogP contribution in [0.15, 0.2) is 36.5 Å². The maximum atomic E-state index is 12.4. The van der Waals surface area contributed by atoms with Gasteiger partial charge in [0.1, 0.15) is 11.9 Å². The molecule has 1 aliphatic rings. The Morgan fingerprint density at radius 3 is 2.62 bits per heavy atom. The van der Waals surface area contributed by atoms with E-state index in [-0.39, 0.29) is 5.91 Å². The van der Waals surface area contributed by atoms with Gasteiger partial charge >= 0.3 is 0 Å². The van der Waals surface area contributed by atoms with Crippen molar-refractivity contribution in [1.29, 1.82) is 5.26 Å². The van der Waals surface area contributed by atoms with Crippen LogP contribution in [0, 0.1) is 25.2 Å². The molecule has 26 heavy (non-hydrogen) atoms. The third kappa shape index (κ3) is 4.19. The molecule has 0 bridgehead atoms. The van der Waals surface area contributed by atoms with Crippen LogP contribution in [0.5, 0.6) is 0 Å². The van der Waals surface area contributed by atoms with Crippen molar-refractivity contribution < 1.29 is 4.79 Å². The Kier molecular flexibility index (Phi) is 5.49. The zero-order chi connectivity index (χ0) is 18.5. The molecule has 0 atom stereocenters. The molecule has 1 aliphatic heterocycles. The predicted molar refractivity (Wildman–Crippen MR) is 102 cm³/mol. The number of benzene rings is 1. The average Bonchev–Trinajstić information content (AvgIpc) is 2.66. The monoisotopic (exact) mass is 349 g/mol. The van der Waals surface area contributed by atoms with Gasteiger partial charge in [-0.05, 0) is 43.2 Å². The van der Waals surface area contributed by atoms with E-state index in [0.717, 1.165) is 43.2 Å². The number of pyridine rings is 1. The van der Waals surface area contributed by atoms with Crippen molar-refractivity contribution >= 4 is 17.4 Å². The highest BCUT2D eigenvalue weighted by Gasteiger charge is 2.20. The van der Waals surface area contributed by atoms with Gasteiger partial charge in [0.15, 0.2) is 0 Å². The molecule has 2 aromatic rings. The summed E-state index contributed by atoms with van der Waals surface area (Å²) in [5, 5.41) is 11.9. The quantitative estimate of drug-likeness (QED) is 0.917. The Morgan fingerprint density at radius 2 is 1.96 bits per heavy atom. The van der Waals surface area contributed by atoms with Crippen molar-refractivity contribution in [3.05, 3.63) is 53.2 Å². The maximum Gasteiger partial charge on any atom is 0.238 e. The summed E-state index contributed by atoms with van der Waals surface area (Å²) in [5.41, 5.74) is 3.73. The van der Waals surface area contributed by atoms with Crippen molar-refractivity contribution in [3.63, 3.8) is 0 Å². The lowest BCUT2D eigenvalue weighted by Crippen LogP contribution is -2.48. The molecule has 3 rings (SSSR count). The molecule has 1 aromatic heterocycles. The van der Waals surface area contributed by atoms with Gasteiger partial charge < -0.3 is 10.2 Å². The van der Waals surface area contributed by atoms with Gasteiger partial charge in [-0.1, -0.05) is 12.1 Å². The standard InChI is InChI=1S/C20H23N5O/c1-15-4-3-5-18(16(15)2)23-20(26)14-24-8-10-25(11-9-24)19-7-6-17(12-21)13-22-19/h3-7,13H,8-11,14H2,1-2H3,(H,23,26). The van der Waals surface area contributed by atoms with Gasteiger partial charge in [0.2, 0.25) is 5.91 Å². The molecule has 1 fully saturated rings. The average molecular weight is 349 g/mol. The fourth-order valence-electron chi connectivity index (χ4n) is 3.05. The molecule has 2 heterocycles. The number of hydrogen-bond acceptors (Lipinski definition) is 5. The summed E-state index contributed by atoms with van der Waals surface area (Å²) in [6, 6.07) is 11.7. The highest BCUT2D eigenvalue weighted by Crippen LogP contribution is 2.18. The van der Waals surface area contributed by atoms with Crippen LogP contribution in [0.25, 0.3) is 0 Å².